The Bertz CT molecular complexity index is 518. The third-order valence-corrected chi connectivity index (χ3v) is 4.76. The number of carbonyl (C=O) groups is 3. The van der Waals surface area contributed by atoms with Crippen molar-refractivity contribution in [3.8, 4) is 0 Å². The van der Waals surface area contributed by atoms with Crippen LogP contribution in [0.5, 0.6) is 0 Å². The van der Waals surface area contributed by atoms with Gasteiger partial charge >= 0.3 is 6.09 Å². The molecule has 0 aromatic rings. The molecule has 154 valence electrons. The third-order valence-electron chi connectivity index (χ3n) is 4.76. The number of piperidine rings is 1. The highest BCUT2D eigenvalue weighted by Crippen LogP contribution is 2.18. The van der Waals surface area contributed by atoms with E-state index in [1.165, 1.54) is 0 Å². The Hall–Kier alpha value is -1.83. The predicted octanol–water partition coefficient (Wildman–Crippen LogP) is 1.44. The quantitative estimate of drug-likeness (QED) is 0.723. The van der Waals surface area contributed by atoms with Gasteiger partial charge in [0.15, 0.2) is 0 Å². The minimum absolute atomic E-state index is 0.0146. The van der Waals surface area contributed by atoms with Crippen molar-refractivity contribution in [2.75, 3.05) is 32.8 Å². The molecule has 2 rings (SSSR count). The maximum atomic E-state index is 12.3. The molecule has 2 saturated heterocycles. The molecule has 3 amide bonds. The predicted molar refractivity (Wildman–Crippen MR) is 100 cm³/mol. The summed E-state index contributed by atoms with van der Waals surface area (Å²) in [5.74, 6) is 0.409. The van der Waals surface area contributed by atoms with Gasteiger partial charge in [0.05, 0.1) is 0 Å². The van der Waals surface area contributed by atoms with Crippen molar-refractivity contribution in [3.05, 3.63) is 0 Å². The normalized spacial score (nSPS) is 21.0. The average Bonchev–Trinajstić information content (AvgIpc) is 3.13. The molecule has 1 unspecified atom stereocenters. The maximum absolute atomic E-state index is 12.3. The SMILES string of the molecule is CC(C)(C)OC(=O)NCCC(=O)N1CCC(CNC(=O)C2CCCO2)CC1. The maximum Gasteiger partial charge on any atom is 0.407 e. The van der Waals surface area contributed by atoms with Crippen LogP contribution in [0.4, 0.5) is 4.79 Å². The number of nitrogens with zero attached hydrogens (tertiary/aromatic N) is 1. The van der Waals surface area contributed by atoms with E-state index >= 15 is 0 Å². The second-order valence-electron chi connectivity index (χ2n) is 8.25. The topological polar surface area (TPSA) is 97.0 Å². The molecule has 0 saturated carbocycles. The van der Waals surface area contributed by atoms with Crippen LogP contribution < -0.4 is 10.6 Å². The zero-order valence-corrected chi connectivity index (χ0v) is 16.7. The summed E-state index contributed by atoms with van der Waals surface area (Å²) in [5.41, 5.74) is -0.546. The Morgan fingerprint density at radius 2 is 1.81 bits per heavy atom. The number of amides is 3. The van der Waals surface area contributed by atoms with Gasteiger partial charge in [-0.1, -0.05) is 0 Å². The standard InChI is InChI=1S/C19H33N3O5/c1-19(2,3)27-18(25)20-9-6-16(23)22-10-7-14(8-11-22)13-21-17(24)15-5-4-12-26-15/h14-15H,4-13H2,1-3H3,(H,20,25)(H,21,24). The number of hydrogen-bond acceptors (Lipinski definition) is 5. The summed E-state index contributed by atoms with van der Waals surface area (Å²) in [6.45, 7) is 8.34. The Morgan fingerprint density at radius 3 is 2.41 bits per heavy atom. The van der Waals surface area contributed by atoms with Crippen LogP contribution in [0.1, 0.15) is 52.9 Å². The summed E-state index contributed by atoms with van der Waals surface area (Å²) in [6, 6.07) is 0. The van der Waals surface area contributed by atoms with E-state index in [0.29, 0.717) is 32.2 Å². The van der Waals surface area contributed by atoms with E-state index in [9.17, 15) is 14.4 Å². The molecule has 0 bridgehead atoms. The van der Waals surface area contributed by atoms with Crippen LogP contribution >= 0.6 is 0 Å². The first-order valence-electron chi connectivity index (χ1n) is 9.88. The van der Waals surface area contributed by atoms with Crippen LogP contribution in [0.15, 0.2) is 0 Å². The molecule has 8 nitrogen and oxygen atoms in total. The van der Waals surface area contributed by atoms with Crippen molar-refractivity contribution in [2.45, 2.75) is 64.6 Å². The van der Waals surface area contributed by atoms with Gasteiger partial charge in [0.2, 0.25) is 11.8 Å². The lowest BCUT2D eigenvalue weighted by Gasteiger charge is -2.32. The van der Waals surface area contributed by atoms with E-state index in [1.54, 1.807) is 20.8 Å². The van der Waals surface area contributed by atoms with Crippen LogP contribution in [-0.4, -0.2) is 67.3 Å². The van der Waals surface area contributed by atoms with Crippen LogP contribution in [-0.2, 0) is 19.1 Å². The van der Waals surface area contributed by atoms with Gasteiger partial charge in [0.25, 0.3) is 0 Å². The van der Waals surface area contributed by atoms with Gasteiger partial charge < -0.3 is 25.0 Å². The fourth-order valence-electron chi connectivity index (χ4n) is 3.27. The molecule has 2 aliphatic heterocycles. The molecular weight excluding hydrogens is 350 g/mol. The lowest BCUT2D eigenvalue weighted by molar-refractivity contribution is -0.133. The van der Waals surface area contributed by atoms with Crippen LogP contribution in [0.2, 0.25) is 0 Å². The summed E-state index contributed by atoms with van der Waals surface area (Å²) < 4.78 is 10.5. The second kappa shape index (κ2) is 9.92. The summed E-state index contributed by atoms with van der Waals surface area (Å²) in [4.78, 5) is 37.6. The number of rotatable bonds is 6. The number of nitrogens with one attached hydrogen (secondary N) is 2. The first kappa shape index (κ1) is 21.5. The molecule has 2 fully saturated rings. The van der Waals surface area contributed by atoms with Gasteiger partial charge in [-0.2, -0.15) is 0 Å². The summed E-state index contributed by atoms with van der Waals surface area (Å²) in [7, 11) is 0. The number of ether oxygens (including phenoxy) is 2. The van der Waals surface area contributed by atoms with Crippen molar-refractivity contribution in [1.29, 1.82) is 0 Å². The van der Waals surface area contributed by atoms with Crippen molar-refractivity contribution in [3.63, 3.8) is 0 Å². The Morgan fingerprint density at radius 1 is 1.11 bits per heavy atom. The van der Waals surface area contributed by atoms with E-state index < -0.39 is 11.7 Å². The Labute approximate surface area is 161 Å². The van der Waals surface area contributed by atoms with E-state index in [1.807, 2.05) is 4.90 Å². The molecule has 0 aliphatic carbocycles. The zero-order chi connectivity index (χ0) is 19.9. The first-order valence-corrected chi connectivity index (χ1v) is 9.88. The lowest BCUT2D eigenvalue weighted by Crippen LogP contribution is -2.44. The van der Waals surface area contributed by atoms with Gasteiger partial charge in [-0.15, -0.1) is 0 Å². The van der Waals surface area contributed by atoms with Crippen LogP contribution in [0, 0.1) is 5.92 Å². The molecule has 0 aromatic carbocycles. The largest absolute Gasteiger partial charge is 0.444 e. The molecular formula is C19H33N3O5. The zero-order valence-electron chi connectivity index (χ0n) is 16.7. The average molecular weight is 383 g/mol. The highest BCUT2D eigenvalue weighted by atomic mass is 16.6. The molecule has 0 radical (unpaired) electrons. The lowest BCUT2D eigenvalue weighted by atomic mass is 9.96. The minimum atomic E-state index is -0.546. The molecule has 27 heavy (non-hydrogen) atoms. The van der Waals surface area contributed by atoms with Crippen molar-refractivity contribution >= 4 is 17.9 Å². The number of carbonyl (C=O) groups excluding carboxylic acids is 3. The van der Waals surface area contributed by atoms with Crippen LogP contribution in [0.3, 0.4) is 0 Å². The molecule has 1 atom stereocenters. The number of hydrogen-bond donors (Lipinski definition) is 2. The minimum Gasteiger partial charge on any atom is -0.444 e. The summed E-state index contributed by atoms with van der Waals surface area (Å²) in [6.07, 6.45) is 2.96. The fraction of sp³-hybridized carbons (Fsp3) is 0.842. The smallest absolute Gasteiger partial charge is 0.407 e. The van der Waals surface area contributed by atoms with Gasteiger partial charge in [-0.05, 0) is 52.4 Å². The molecule has 8 heteroatoms. The molecule has 2 aliphatic rings. The Kier molecular flexibility index (Phi) is 7.89. The van der Waals surface area contributed by atoms with Crippen molar-refractivity contribution in [1.82, 2.24) is 15.5 Å². The highest BCUT2D eigenvalue weighted by Gasteiger charge is 2.26. The Balaban J connectivity index is 1.58. The van der Waals surface area contributed by atoms with Gasteiger partial charge in [-0.3, -0.25) is 9.59 Å². The van der Waals surface area contributed by atoms with Crippen molar-refractivity contribution < 1.29 is 23.9 Å². The molecule has 2 heterocycles. The summed E-state index contributed by atoms with van der Waals surface area (Å²) in [5, 5.41) is 5.58. The van der Waals surface area contributed by atoms with Gasteiger partial charge in [0, 0.05) is 39.2 Å². The number of alkyl carbamates (subject to hydrolysis) is 1. The third kappa shape index (κ3) is 7.74. The van der Waals surface area contributed by atoms with Gasteiger partial charge in [0.1, 0.15) is 11.7 Å². The molecule has 0 aromatic heterocycles. The van der Waals surface area contributed by atoms with E-state index in [2.05, 4.69) is 10.6 Å². The second-order valence-corrected chi connectivity index (χ2v) is 8.25. The summed E-state index contributed by atoms with van der Waals surface area (Å²) >= 11 is 0. The van der Waals surface area contributed by atoms with E-state index in [-0.39, 0.29) is 30.9 Å². The van der Waals surface area contributed by atoms with Crippen molar-refractivity contribution in [2.24, 2.45) is 5.92 Å². The van der Waals surface area contributed by atoms with Crippen LogP contribution in [0.25, 0.3) is 0 Å². The molecule has 0 spiro atoms. The first-order chi connectivity index (χ1) is 12.7. The monoisotopic (exact) mass is 383 g/mol. The number of likely N-dealkylation sites (tertiary alicyclic amines) is 1. The van der Waals surface area contributed by atoms with E-state index in [4.69, 9.17) is 9.47 Å². The van der Waals surface area contributed by atoms with Gasteiger partial charge in [-0.25, -0.2) is 4.79 Å². The highest BCUT2D eigenvalue weighted by molar-refractivity contribution is 5.81. The molecule has 2 N–H and O–H groups in total. The fourth-order valence-corrected chi connectivity index (χ4v) is 3.27. The van der Waals surface area contributed by atoms with E-state index in [0.717, 1.165) is 25.7 Å².